The van der Waals surface area contributed by atoms with Crippen LogP contribution in [-0.4, -0.2) is 59.0 Å². The molecule has 2 fully saturated rings. The lowest BCUT2D eigenvalue weighted by molar-refractivity contribution is -0.139. The Labute approximate surface area is 152 Å². The van der Waals surface area contributed by atoms with Crippen LogP contribution in [0.1, 0.15) is 42.1 Å². The maximum atomic E-state index is 13.1. The van der Waals surface area contributed by atoms with E-state index in [4.69, 9.17) is 4.74 Å². The monoisotopic (exact) mass is 357 g/mol. The molecule has 0 unspecified atom stereocenters. The molecule has 3 heterocycles. The van der Waals surface area contributed by atoms with E-state index in [0.29, 0.717) is 51.0 Å². The largest absolute Gasteiger partial charge is 0.441 e. The van der Waals surface area contributed by atoms with Gasteiger partial charge in [0.25, 0.3) is 5.91 Å². The number of rotatable bonds is 3. The van der Waals surface area contributed by atoms with E-state index in [9.17, 15) is 14.4 Å². The van der Waals surface area contributed by atoms with Crippen molar-refractivity contribution in [2.75, 3.05) is 19.6 Å². The van der Waals surface area contributed by atoms with Gasteiger partial charge < -0.3 is 19.9 Å². The Morgan fingerprint density at radius 3 is 2.62 bits per heavy atom. The van der Waals surface area contributed by atoms with Gasteiger partial charge in [0.05, 0.1) is 6.54 Å². The topological polar surface area (TPSA) is 79.0 Å². The predicted octanol–water partition coefficient (Wildman–Crippen LogP) is 1.52. The molecule has 1 aromatic carbocycles. The van der Waals surface area contributed by atoms with E-state index in [1.54, 1.807) is 4.90 Å². The summed E-state index contributed by atoms with van der Waals surface area (Å²) in [5.41, 5.74) is 1.19. The molecule has 1 atom stereocenters. The van der Waals surface area contributed by atoms with E-state index >= 15 is 0 Å². The van der Waals surface area contributed by atoms with Gasteiger partial charge in [0.2, 0.25) is 5.91 Å². The Kier molecular flexibility index (Phi) is 4.09. The number of amides is 3. The second kappa shape index (κ2) is 6.30. The minimum atomic E-state index is -0.477. The quantitative estimate of drug-likeness (QED) is 0.890. The molecule has 0 saturated carbocycles. The molecule has 0 radical (unpaired) electrons. The van der Waals surface area contributed by atoms with Gasteiger partial charge in [-0.1, -0.05) is 25.1 Å². The zero-order valence-corrected chi connectivity index (χ0v) is 14.9. The molecule has 3 aliphatic rings. The minimum Gasteiger partial charge on any atom is -0.441 e. The summed E-state index contributed by atoms with van der Waals surface area (Å²) in [6.07, 6.45) is 1.46. The molecule has 1 N–H and O–H groups in total. The third kappa shape index (κ3) is 2.71. The molecule has 26 heavy (non-hydrogen) atoms. The molecule has 1 spiro atoms. The average Bonchev–Trinajstić information content (AvgIpc) is 3.17. The lowest BCUT2D eigenvalue weighted by Gasteiger charge is -2.39. The molecule has 0 aromatic heterocycles. The number of nitrogens with zero attached hydrogens (tertiary/aromatic N) is 2. The summed E-state index contributed by atoms with van der Waals surface area (Å²) in [7, 11) is 0. The first-order chi connectivity index (χ1) is 12.5. The van der Waals surface area contributed by atoms with Gasteiger partial charge in [0, 0.05) is 38.0 Å². The van der Waals surface area contributed by atoms with Crippen molar-refractivity contribution in [3.8, 4) is 0 Å². The van der Waals surface area contributed by atoms with E-state index in [1.807, 2.05) is 36.1 Å². The van der Waals surface area contributed by atoms with Gasteiger partial charge >= 0.3 is 6.09 Å². The molecule has 138 valence electrons. The van der Waals surface area contributed by atoms with Crippen molar-refractivity contribution < 1.29 is 19.1 Å². The summed E-state index contributed by atoms with van der Waals surface area (Å²) in [6.45, 7) is 4.01. The zero-order valence-electron chi connectivity index (χ0n) is 14.9. The zero-order chi connectivity index (χ0) is 18.3. The maximum Gasteiger partial charge on any atom is 0.407 e. The molecule has 4 rings (SSSR count). The lowest BCUT2D eigenvalue weighted by Crippen LogP contribution is -2.54. The number of likely N-dealkylation sites (tertiary alicyclic amines) is 1. The Morgan fingerprint density at radius 1 is 1.27 bits per heavy atom. The molecule has 3 aliphatic heterocycles. The van der Waals surface area contributed by atoms with Crippen LogP contribution in [0.5, 0.6) is 0 Å². The Hall–Kier alpha value is -2.57. The highest BCUT2D eigenvalue weighted by Crippen LogP contribution is 2.31. The number of carbonyl (C=O) groups excluding carboxylic acids is 3. The standard InChI is InChI=1S/C19H23N3O4/c1-2-15(22-11-13-5-3-4-6-14(13)16(22)23)17(24)21-9-7-19(8-10-21)12-20-18(25)26-19/h3-6,15H,2,7-12H2,1H3,(H,20,25)/t15-/m0/s1. The summed E-state index contributed by atoms with van der Waals surface area (Å²) in [4.78, 5) is 40.6. The molecular weight excluding hydrogens is 334 g/mol. The first-order valence-electron chi connectivity index (χ1n) is 9.17. The summed E-state index contributed by atoms with van der Waals surface area (Å²) < 4.78 is 5.41. The van der Waals surface area contributed by atoms with E-state index in [0.717, 1.165) is 5.56 Å². The normalized spacial score (nSPS) is 22.2. The fourth-order valence-corrected chi connectivity index (χ4v) is 4.18. The van der Waals surface area contributed by atoms with Gasteiger partial charge in [-0.2, -0.15) is 0 Å². The van der Waals surface area contributed by atoms with E-state index < -0.39 is 11.6 Å². The summed E-state index contributed by atoms with van der Waals surface area (Å²) >= 11 is 0. The van der Waals surface area contributed by atoms with Gasteiger partial charge in [-0.25, -0.2) is 4.79 Å². The summed E-state index contributed by atoms with van der Waals surface area (Å²) in [5.74, 6) is -0.0796. The number of nitrogens with one attached hydrogen (secondary N) is 1. The number of fused-ring (bicyclic) bond motifs is 1. The van der Waals surface area contributed by atoms with Gasteiger partial charge in [0.15, 0.2) is 0 Å². The van der Waals surface area contributed by atoms with Crippen LogP contribution in [0.4, 0.5) is 4.79 Å². The van der Waals surface area contributed by atoms with Crippen LogP contribution < -0.4 is 5.32 Å². The number of hydrogen-bond donors (Lipinski definition) is 1. The molecule has 0 bridgehead atoms. The number of hydrogen-bond acceptors (Lipinski definition) is 4. The molecule has 7 nitrogen and oxygen atoms in total. The SMILES string of the molecule is CC[C@@H](C(=O)N1CCC2(CC1)CNC(=O)O2)N1Cc2ccccc2C1=O. The van der Waals surface area contributed by atoms with E-state index in [-0.39, 0.29) is 17.9 Å². The van der Waals surface area contributed by atoms with Gasteiger partial charge in [-0.15, -0.1) is 0 Å². The summed E-state index contributed by atoms with van der Waals surface area (Å²) in [5, 5.41) is 2.70. The number of benzene rings is 1. The van der Waals surface area contributed by atoms with E-state index in [2.05, 4.69) is 5.32 Å². The second-order valence-corrected chi connectivity index (χ2v) is 7.27. The number of ether oxygens (including phenoxy) is 1. The summed E-state index contributed by atoms with van der Waals surface area (Å²) in [6, 6.07) is 7.08. The van der Waals surface area contributed by atoms with Crippen LogP contribution in [-0.2, 0) is 16.1 Å². The highest BCUT2D eigenvalue weighted by atomic mass is 16.6. The van der Waals surface area contributed by atoms with Crippen molar-refractivity contribution in [3.63, 3.8) is 0 Å². The molecular formula is C19H23N3O4. The highest BCUT2D eigenvalue weighted by molar-refractivity contribution is 6.01. The molecule has 3 amide bonds. The van der Waals surface area contributed by atoms with E-state index in [1.165, 1.54) is 0 Å². The number of carbonyl (C=O) groups is 3. The van der Waals surface area contributed by atoms with Gasteiger partial charge in [0.1, 0.15) is 11.6 Å². The van der Waals surface area contributed by atoms with Crippen LogP contribution in [0.15, 0.2) is 24.3 Å². The fraction of sp³-hybridized carbons (Fsp3) is 0.526. The molecule has 7 heteroatoms. The molecule has 2 saturated heterocycles. The smallest absolute Gasteiger partial charge is 0.407 e. The predicted molar refractivity (Wildman–Crippen MR) is 93.4 cm³/mol. The maximum absolute atomic E-state index is 13.1. The van der Waals surface area contributed by atoms with Crippen molar-refractivity contribution in [2.45, 2.75) is 44.4 Å². The first kappa shape index (κ1) is 16.9. The van der Waals surface area contributed by atoms with Crippen LogP contribution >= 0.6 is 0 Å². The third-order valence-electron chi connectivity index (χ3n) is 5.75. The second-order valence-electron chi connectivity index (χ2n) is 7.27. The third-order valence-corrected chi connectivity index (χ3v) is 5.75. The van der Waals surface area contributed by atoms with Crippen LogP contribution in [0.3, 0.4) is 0 Å². The van der Waals surface area contributed by atoms with Gasteiger partial charge in [-0.05, 0) is 18.1 Å². The number of piperidine rings is 1. The fourth-order valence-electron chi connectivity index (χ4n) is 4.18. The highest BCUT2D eigenvalue weighted by Gasteiger charge is 2.45. The van der Waals surface area contributed by atoms with Crippen molar-refractivity contribution in [3.05, 3.63) is 35.4 Å². The first-order valence-corrected chi connectivity index (χ1v) is 9.17. The molecule has 0 aliphatic carbocycles. The van der Waals surface area contributed by atoms with Crippen LogP contribution in [0.25, 0.3) is 0 Å². The van der Waals surface area contributed by atoms with Crippen molar-refractivity contribution in [1.29, 1.82) is 0 Å². The minimum absolute atomic E-state index is 0.0132. The van der Waals surface area contributed by atoms with Crippen molar-refractivity contribution in [2.24, 2.45) is 0 Å². The van der Waals surface area contributed by atoms with Gasteiger partial charge in [-0.3, -0.25) is 9.59 Å². The Morgan fingerprint density at radius 2 is 2.00 bits per heavy atom. The van der Waals surface area contributed by atoms with Crippen LogP contribution in [0.2, 0.25) is 0 Å². The Balaban J connectivity index is 1.44. The Bertz CT molecular complexity index is 755. The van der Waals surface area contributed by atoms with Crippen LogP contribution in [0, 0.1) is 0 Å². The van der Waals surface area contributed by atoms with Crippen molar-refractivity contribution >= 4 is 17.9 Å². The molecule has 1 aromatic rings. The van der Waals surface area contributed by atoms with Crippen molar-refractivity contribution in [1.82, 2.24) is 15.1 Å². The average molecular weight is 357 g/mol. The lowest BCUT2D eigenvalue weighted by atomic mass is 9.91. The number of alkyl carbamates (subject to hydrolysis) is 1.